The van der Waals surface area contributed by atoms with Gasteiger partial charge in [0.2, 0.25) is 5.91 Å². The predicted molar refractivity (Wildman–Crippen MR) is 97.4 cm³/mol. The number of benzene rings is 2. The minimum atomic E-state index is -0.469. The second kappa shape index (κ2) is 6.84. The summed E-state index contributed by atoms with van der Waals surface area (Å²) in [5.41, 5.74) is 2.46. The van der Waals surface area contributed by atoms with E-state index in [2.05, 4.69) is 20.6 Å². The summed E-state index contributed by atoms with van der Waals surface area (Å²) in [7, 11) is 0. The Hall–Kier alpha value is -2.66. The van der Waals surface area contributed by atoms with Gasteiger partial charge < -0.3 is 10.6 Å². The highest BCUT2D eigenvalue weighted by atomic mass is 35.5. The van der Waals surface area contributed by atoms with Crippen molar-refractivity contribution in [3.63, 3.8) is 0 Å². The Bertz CT molecular complexity index is 892. The average molecular weight is 341 g/mol. The topological polar surface area (TPSA) is 66.9 Å². The lowest BCUT2D eigenvalue weighted by molar-refractivity contribution is -0.116. The maximum atomic E-state index is 12.4. The van der Waals surface area contributed by atoms with Crippen LogP contribution in [0.3, 0.4) is 0 Å². The molecule has 0 aliphatic heterocycles. The average Bonchev–Trinajstić information content (AvgIpc) is 2.58. The van der Waals surface area contributed by atoms with Crippen LogP contribution in [-0.2, 0) is 4.79 Å². The van der Waals surface area contributed by atoms with Crippen molar-refractivity contribution in [2.24, 2.45) is 0 Å². The van der Waals surface area contributed by atoms with Crippen LogP contribution in [0.15, 0.2) is 48.8 Å². The maximum absolute atomic E-state index is 12.4. The number of aryl methyl sites for hydroxylation is 1. The van der Waals surface area contributed by atoms with Crippen LogP contribution in [0.2, 0.25) is 5.02 Å². The molecule has 1 atom stereocenters. The molecule has 2 aromatic carbocycles. The molecule has 0 fully saturated rings. The first-order valence-corrected chi connectivity index (χ1v) is 7.95. The molecular weight excluding hydrogens is 324 g/mol. The van der Waals surface area contributed by atoms with E-state index in [9.17, 15) is 4.79 Å². The molecule has 6 heteroatoms. The van der Waals surface area contributed by atoms with Crippen molar-refractivity contribution in [1.29, 1.82) is 0 Å². The van der Waals surface area contributed by atoms with Crippen molar-refractivity contribution < 1.29 is 4.79 Å². The lowest BCUT2D eigenvalue weighted by Crippen LogP contribution is -2.32. The molecule has 1 heterocycles. The van der Waals surface area contributed by atoms with Gasteiger partial charge in [0.05, 0.1) is 5.52 Å². The summed E-state index contributed by atoms with van der Waals surface area (Å²) in [5, 5.41) is 7.48. The summed E-state index contributed by atoms with van der Waals surface area (Å²) in [5.74, 6) is 0.461. The van der Waals surface area contributed by atoms with Gasteiger partial charge in [-0.2, -0.15) is 0 Å². The molecule has 0 aliphatic rings. The Morgan fingerprint density at radius 2 is 1.96 bits per heavy atom. The summed E-state index contributed by atoms with van der Waals surface area (Å²) in [4.78, 5) is 20.8. The fourth-order valence-electron chi connectivity index (χ4n) is 2.31. The van der Waals surface area contributed by atoms with Crippen molar-refractivity contribution >= 4 is 39.9 Å². The number of para-hydroxylation sites is 1. The first kappa shape index (κ1) is 16.2. The Labute approximate surface area is 145 Å². The number of fused-ring (bicyclic) bond motifs is 1. The van der Waals surface area contributed by atoms with Crippen molar-refractivity contribution in [2.75, 3.05) is 10.6 Å². The molecule has 1 amide bonds. The van der Waals surface area contributed by atoms with Crippen LogP contribution in [0.4, 0.5) is 11.5 Å². The molecule has 0 radical (unpaired) electrons. The van der Waals surface area contributed by atoms with Gasteiger partial charge in [-0.3, -0.25) is 4.79 Å². The predicted octanol–water partition coefficient (Wildman–Crippen LogP) is 4.03. The van der Waals surface area contributed by atoms with Crippen LogP contribution in [0.5, 0.6) is 0 Å². The van der Waals surface area contributed by atoms with Gasteiger partial charge in [-0.25, -0.2) is 9.97 Å². The number of halogens is 1. The van der Waals surface area contributed by atoms with E-state index in [4.69, 9.17) is 11.6 Å². The fraction of sp³-hybridized carbons (Fsp3) is 0.167. The zero-order valence-electron chi connectivity index (χ0n) is 13.4. The van der Waals surface area contributed by atoms with E-state index >= 15 is 0 Å². The highest BCUT2D eigenvalue weighted by Crippen LogP contribution is 2.21. The van der Waals surface area contributed by atoms with E-state index in [0.717, 1.165) is 16.5 Å². The Kier molecular flexibility index (Phi) is 4.62. The summed E-state index contributed by atoms with van der Waals surface area (Å²) in [6.45, 7) is 3.69. The Morgan fingerprint density at radius 3 is 2.75 bits per heavy atom. The van der Waals surface area contributed by atoms with Crippen LogP contribution in [-0.4, -0.2) is 21.9 Å². The number of amides is 1. The molecule has 24 heavy (non-hydrogen) atoms. The van der Waals surface area contributed by atoms with E-state index in [0.29, 0.717) is 16.5 Å². The zero-order valence-corrected chi connectivity index (χ0v) is 14.1. The summed E-state index contributed by atoms with van der Waals surface area (Å²) >= 11 is 6.09. The molecule has 0 aliphatic carbocycles. The largest absolute Gasteiger partial charge is 0.358 e. The van der Waals surface area contributed by atoms with E-state index in [1.165, 1.54) is 6.33 Å². The number of carbonyl (C=O) groups is 1. The molecule has 0 spiro atoms. The van der Waals surface area contributed by atoms with Crippen molar-refractivity contribution in [3.05, 3.63) is 59.4 Å². The number of nitrogens with zero attached hydrogens (tertiary/aromatic N) is 2. The van der Waals surface area contributed by atoms with Crippen LogP contribution in [0.25, 0.3) is 10.9 Å². The van der Waals surface area contributed by atoms with Gasteiger partial charge in [-0.15, -0.1) is 0 Å². The highest BCUT2D eigenvalue weighted by Gasteiger charge is 2.15. The second-order valence-electron chi connectivity index (χ2n) is 5.56. The molecule has 0 saturated carbocycles. The summed E-state index contributed by atoms with van der Waals surface area (Å²) in [6, 6.07) is 12.6. The number of hydrogen-bond donors (Lipinski definition) is 2. The standard InChI is InChI=1S/C18H17ClN4O/c1-11-7-8-13(9-15(11)19)23-18(24)12(2)22-17-14-5-3-4-6-16(14)20-10-21-17/h3-10,12H,1-2H3,(H,23,24)(H,20,21,22). The fourth-order valence-corrected chi connectivity index (χ4v) is 2.49. The molecule has 1 aromatic heterocycles. The smallest absolute Gasteiger partial charge is 0.246 e. The third-order valence-electron chi connectivity index (χ3n) is 3.73. The maximum Gasteiger partial charge on any atom is 0.246 e. The third kappa shape index (κ3) is 3.46. The van der Waals surface area contributed by atoms with Gasteiger partial charge in [0.25, 0.3) is 0 Å². The van der Waals surface area contributed by atoms with Crippen LogP contribution >= 0.6 is 11.6 Å². The molecule has 2 N–H and O–H groups in total. The number of hydrogen-bond acceptors (Lipinski definition) is 4. The van der Waals surface area contributed by atoms with E-state index < -0.39 is 6.04 Å². The lowest BCUT2D eigenvalue weighted by Gasteiger charge is -2.16. The quantitative estimate of drug-likeness (QED) is 0.752. The van der Waals surface area contributed by atoms with Crippen LogP contribution in [0, 0.1) is 6.92 Å². The molecular formula is C18H17ClN4O. The van der Waals surface area contributed by atoms with Crippen molar-refractivity contribution in [2.45, 2.75) is 19.9 Å². The number of carbonyl (C=O) groups excluding carboxylic acids is 1. The molecule has 3 rings (SSSR count). The molecule has 3 aromatic rings. The monoisotopic (exact) mass is 340 g/mol. The molecule has 1 unspecified atom stereocenters. The van der Waals surface area contributed by atoms with Gasteiger partial charge in [0, 0.05) is 16.1 Å². The number of rotatable bonds is 4. The Morgan fingerprint density at radius 1 is 1.17 bits per heavy atom. The first-order valence-electron chi connectivity index (χ1n) is 7.58. The summed E-state index contributed by atoms with van der Waals surface area (Å²) < 4.78 is 0. The van der Waals surface area contributed by atoms with E-state index in [1.807, 2.05) is 43.3 Å². The highest BCUT2D eigenvalue weighted by molar-refractivity contribution is 6.31. The first-order chi connectivity index (χ1) is 11.5. The van der Waals surface area contributed by atoms with E-state index in [-0.39, 0.29) is 5.91 Å². The van der Waals surface area contributed by atoms with Crippen molar-refractivity contribution in [1.82, 2.24) is 9.97 Å². The van der Waals surface area contributed by atoms with Crippen LogP contribution < -0.4 is 10.6 Å². The zero-order chi connectivity index (χ0) is 17.1. The minimum absolute atomic E-state index is 0.169. The molecule has 0 bridgehead atoms. The number of anilines is 2. The summed E-state index contributed by atoms with van der Waals surface area (Å²) in [6.07, 6.45) is 1.48. The van der Waals surface area contributed by atoms with Gasteiger partial charge in [0.1, 0.15) is 18.2 Å². The molecule has 122 valence electrons. The van der Waals surface area contributed by atoms with Gasteiger partial charge in [-0.1, -0.05) is 29.8 Å². The van der Waals surface area contributed by atoms with Gasteiger partial charge >= 0.3 is 0 Å². The van der Waals surface area contributed by atoms with Crippen molar-refractivity contribution in [3.8, 4) is 0 Å². The number of aromatic nitrogens is 2. The van der Waals surface area contributed by atoms with Gasteiger partial charge in [-0.05, 0) is 43.7 Å². The lowest BCUT2D eigenvalue weighted by atomic mass is 10.2. The minimum Gasteiger partial charge on any atom is -0.358 e. The number of nitrogens with one attached hydrogen (secondary N) is 2. The Balaban J connectivity index is 1.75. The normalized spacial score (nSPS) is 12.0. The third-order valence-corrected chi connectivity index (χ3v) is 4.14. The van der Waals surface area contributed by atoms with E-state index in [1.54, 1.807) is 13.0 Å². The molecule has 0 saturated heterocycles. The molecule has 5 nitrogen and oxygen atoms in total. The SMILES string of the molecule is Cc1ccc(NC(=O)C(C)Nc2ncnc3ccccc23)cc1Cl. The second-order valence-corrected chi connectivity index (χ2v) is 5.97. The van der Waals surface area contributed by atoms with Gasteiger partial charge in [0.15, 0.2) is 0 Å². The van der Waals surface area contributed by atoms with Crippen LogP contribution in [0.1, 0.15) is 12.5 Å².